The second kappa shape index (κ2) is 5.73. The quantitative estimate of drug-likeness (QED) is 0.925. The molecule has 0 radical (unpaired) electrons. The largest absolute Gasteiger partial charge is 0.493 e. The smallest absolute Gasteiger partial charge is 0.220 e. The first kappa shape index (κ1) is 5.96. The minimum absolute atomic E-state index is 0.276. The summed E-state index contributed by atoms with van der Waals surface area (Å²) < 4.78 is 90.5. The van der Waals surface area contributed by atoms with Crippen LogP contribution >= 0.6 is 0 Å². The maximum atomic E-state index is 11.9. The highest BCUT2D eigenvalue weighted by Gasteiger charge is 2.25. The van der Waals surface area contributed by atoms with Crippen LogP contribution in [0, 0.1) is 0 Å². The van der Waals surface area contributed by atoms with Crippen LogP contribution in [0.25, 0.3) is 0 Å². The maximum Gasteiger partial charge on any atom is 0.220 e. The number of carbonyl (C=O) groups is 1. The first-order valence-corrected chi connectivity index (χ1v) is 6.43. The zero-order valence-electron chi connectivity index (χ0n) is 20.8. The molecule has 1 aromatic carbocycles. The fourth-order valence-corrected chi connectivity index (χ4v) is 2.23. The summed E-state index contributed by atoms with van der Waals surface area (Å²) in [6.07, 6.45) is -2.47. The van der Waals surface area contributed by atoms with Gasteiger partial charge in [-0.1, -0.05) is 6.04 Å². The summed E-state index contributed by atoms with van der Waals surface area (Å²) in [6.45, 7) is -0.555. The molecule has 4 heteroatoms. The van der Waals surface area contributed by atoms with Gasteiger partial charge in [0.05, 0.1) is 22.7 Å². The van der Waals surface area contributed by atoms with Crippen molar-refractivity contribution >= 4 is 5.91 Å². The molecule has 2 aliphatic rings. The molecule has 1 saturated carbocycles. The Morgan fingerprint density at radius 2 is 2.30 bits per heavy atom. The van der Waals surface area contributed by atoms with Crippen molar-refractivity contribution in [1.82, 2.24) is 5.32 Å². The highest BCUT2D eigenvalue weighted by molar-refractivity contribution is 5.79. The van der Waals surface area contributed by atoms with Crippen LogP contribution in [0.15, 0.2) is 18.1 Å². The van der Waals surface area contributed by atoms with E-state index in [4.69, 9.17) is 23.2 Å². The van der Waals surface area contributed by atoms with Crippen molar-refractivity contribution in [3.05, 3.63) is 23.7 Å². The normalized spacial score (nSPS) is 38.5. The van der Waals surface area contributed by atoms with Gasteiger partial charge < -0.3 is 14.8 Å². The molecule has 1 amide bonds. The van der Waals surface area contributed by atoms with Crippen LogP contribution in [-0.4, -0.2) is 25.6 Å². The number of hydrogen-bond acceptors (Lipinski definition) is 3. The Bertz CT molecular complexity index is 881. The predicted molar refractivity (Wildman–Crippen MR) is 76.2 cm³/mol. The number of hydrogen-bond donors (Lipinski definition) is 1. The van der Waals surface area contributed by atoms with Gasteiger partial charge in [0.2, 0.25) is 5.91 Å². The lowest BCUT2D eigenvalue weighted by Gasteiger charge is -2.18. The van der Waals surface area contributed by atoms with Crippen molar-refractivity contribution in [3.8, 4) is 11.5 Å². The standard InChI is InChI=1S/C16H21NO3/c1-19-14-7-6-11(12-9-16(18)17-10-12)8-15(14)20-13-4-2-3-5-13/h6-8,12-13H,2-5,9-10H2,1H3,(H,17,18)/i1D3,6D,7D,8D,9D2,12D,13D. The SMILES string of the molecule is [2H]c1c([2H])c(C2([2H])CNC(=O)C2([2H])[2H])c([2H])c(OC2([2H])CCCC2)c1OC([2H])([2H])[2H]. The summed E-state index contributed by atoms with van der Waals surface area (Å²) in [7, 11) is -3.04. The molecular formula is C16H21NO3. The lowest BCUT2D eigenvalue weighted by Crippen LogP contribution is -2.14. The Kier molecular flexibility index (Phi) is 1.71. The van der Waals surface area contributed by atoms with Gasteiger partial charge in [-0.3, -0.25) is 4.79 Å². The molecule has 108 valence electrons. The first-order valence-electron chi connectivity index (χ1n) is 11.4. The number of benzene rings is 1. The summed E-state index contributed by atoms with van der Waals surface area (Å²) in [5, 5.41) is 2.20. The summed E-state index contributed by atoms with van der Waals surface area (Å²) in [5.74, 6) is -4.88. The van der Waals surface area contributed by atoms with Crippen molar-refractivity contribution < 1.29 is 28.0 Å². The monoisotopic (exact) mass is 285 g/mol. The van der Waals surface area contributed by atoms with E-state index < -0.39 is 73.0 Å². The summed E-state index contributed by atoms with van der Waals surface area (Å²) >= 11 is 0. The number of ether oxygens (including phenoxy) is 2. The van der Waals surface area contributed by atoms with Gasteiger partial charge in [0.15, 0.2) is 11.5 Å². The van der Waals surface area contributed by atoms with Gasteiger partial charge in [0, 0.05) is 22.9 Å². The molecule has 1 heterocycles. The molecule has 2 fully saturated rings. The number of nitrogens with one attached hydrogen (secondary N) is 1. The van der Waals surface area contributed by atoms with Gasteiger partial charge in [0.1, 0.15) is 0 Å². The molecule has 0 aromatic heterocycles. The van der Waals surface area contributed by atoms with Crippen molar-refractivity contribution in [2.24, 2.45) is 0 Å². The van der Waals surface area contributed by atoms with Crippen molar-refractivity contribution in [1.29, 1.82) is 0 Å². The Balaban J connectivity index is 2.27. The fourth-order valence-electron chi connectivity index (χ4n) is 2.23. The van der Waals surface area contributed by atoms with Gasteiger partial charge in [-0.05, 0) is 43.3 Å². The molecule has 1 aliphatic heterocycles. The van der Waals surface area contributed by atoms with E-state index in [1.165, 1.54) is 0 Å². The third-order valence-corrected chi connectivity index (χ3v) is 3.25. The Morgan fingerprint density at radius 3 is 3.00 bits per heavy atom. The van der Waals surface area contributed by atoms with Gasteiger partial charge >= 0.3 is 0 Å². The fraction of sp³-hybridized carbons (Fsp3) is 0.562. The molecule has 0 spiro atoms. The summed E-state index contributed by atoms with van der Waals surface area (Å²) in [6, 6.07) is -2.38. The summed E-state index contributed by atoms with van der Waals surface area (Å²) in [5.41, 5.74) is -0.606. The zero-order valence-corrected chi connectivity index (χ0v) is 10.8. The van der Waals surface area contributed by atoms with Gasteiger partial charge in [-0.15, -0.1) is 0 Å². The van der Waals surface area contributed by atoms with Gasteiger partial charge in [0.25, 0.3) is 0 Å². The van der Waals surface area contributed by atoms with E-state index >= 15 is 0 Å². The number of rotatable bonds is 4. The second-order valence-corrected chi connectivity index (χ2v) is 4.64. The van der Waals surface area contributed by atoms with Crippen LogP contribution in [0.5, 0.6) is 11.5 Å². The third kappa shape index (κ3) is 2.74. The molecule has 20 heavy (non-hydrogen) atoms. The van der Waals surface area contributed by atoms with Crippen molar-refractivity contribution in [2.45, 2.75) is 44.0 Å². The zero-order chi connectivity index (χ0) is 22.7. The van der Waals surface area contributed by atoms with E-state index in [-0.39, 0.29) is 12.8 Å². The highest BCUT2D eigenvalue weighted by atomic mass is 16.5. The molecule has 1 unspecified atom stereocenters. The van der Waals surface area contributed by atoms with Crippen LogP contribution < -0.4 is 14.8 Å². The van der Waals surface area contributed by atoms with E-state index in [9.17, 15) is 4.79 Å². The van der Waals surface area contributed by atoms with Crippen LogP contribution in [-0.2, 0) is 4.79 Å². The molecule has 1 atom stereocenters. The molecule has 1 N–H and O–H groups in total. The summed E-state index contributed by atoms with van der Waals surface area (Å²) in [4.78, 5) is 11.9. The average Bonchev–Trinajstić information content (AvgIpc) is 3.13. The molecule has 0 bridgehead atoms. The van der Waals surface area contributed by atoms with Crippen LogP contribution in [0.2, 0.25) is 0 Å². The maximum absolute atomic E-state index is 11.9. The van der Waals surface area contributed by atoms with E-state index in [2.05, 4.69) is 5.32 Å². The highest BCUT2D eigenvalue weighted by Crippen LogP contribution is 2.35. The predicted octanol–water partition coefficient (Wildman–Crippen LogP) is 2.62. The number of carbonyl (C=O) groups excluding carboxylic acids is 1. The lowest BCUT2D eigenvalue weighted by atomic mass is 9.98. The Morgan fingerprint density at radius 1 is 1.45 bits per heavy atom. The molecule has 4 nitrogen and oxygen atoms in total. The second-order valence-electron chi connectivity index (χ2n) is 4.64. The number of methoxy groups -OCH3 is 1. The Hall–Kier alpha value is -1.71. The van der Waals surface area contributed by atoms with Gasteiger partial charge in [-0.25, -0.2) is 0 Å². The molecule has 1 aliphatic carbocycles. The minimum atomic E-state index is -3.04. The van der Waals surface area contributed by atoms with E-state index in [1.54, 1.807) is 0 Å². The molecule has 1 aromatic rings. The van der Waals surface area contributed by atoms with Crippen molar-refractivity contribution in [3.63, 3.8) is 0 Å². The Labute approximate surface area is 133 Å². The van der Waals surface area contributed by atoms with E-state index in [1.807, 2.05) is 0 Å². The molecule has 1 saturated heterocycles. The molecular weight excluding hydrogens is 254 g/mol. The lowest BCUT2D eigenvalue weighted by molar-refractivity contribution is -0.119. The van der Waals surface area contributed by atoms with Crippen LogP contribution in [0.4, 0.5) is 0 Å². The minimum Gasteiger partial charge on any atom is -0.493 e. The topological polar surface area (TPSA) is 47.6 Å². The van der Waals surface area contributed by atoms with Crippen LogP contribution in [0.1, 0.15) is 57.2 Å². The van der Waals surface area contributed by atoms with Gasteiger partial charge in [-0.2, -0.15) is 0 Å². The number of amides is 1. The van der Waals surface area contributed by atoms with Crippen molar-refractivity contribution in [2.75, 3.05) is 13.6 Å². The average molecular weight is 285 g/mol. The van der Waals surface area contributed by atoms with E-state index in [0.717, 1.165) is 0 Å². The molecule has 3 rings (SSSR count). The first-order chi connectivity index (χ1) is 13.6. The van der Waals surface area contributed by atoms with Crippen LogP contribution in [0.3, 0.4) is 0 Å². The third-order valence-electron chi connectivity index (χ3n) is 3.25. The van der Waals surface area contributed by atoms with E-state index in [0.29, 0.717) is 12.8 Å².